The van der Waals surface area contributed by atoms with Crippen LogP contribution in [0, 0.1) is 0 Å². The first-order valence-electron chi connectivity index (χ1n) is 4.67. The number of fused-ring (bicyclic) bond motifs is 1. The quantitative estimate of drug-likeness (QED) is 0.719. The molecule has 0 spiro atoms. The monoisotopic (exact) mass is 268 g/mol. The van der Waals surface area contributed by atoms with Gasteiger partial charge in [-0.2, -0.15) is 0 Å². The van der Waals surface area contributed by atoms with Crippen molar-refractivity contribution in [3.8, 4) is 0 Å². The Morgan fingerprint density at radius 3 is 2.36 bits per heavy atom. The van der Waals surface area contributed by atoms with Crippen molar-refractivity contribution in [1.82, 2.24) is 0 Å². The Bertz CT molecular complexity index is 468. The molecular weight excluding hydrogens is 256 g/mol. The van der Waals surface area contributed by atoms with E-state index in [4.69, 9.17) is 4.42 Å². The lowest BCUT2D eigenvalue weighted by molar-refractivity contribution is 0.647. The molecular formula is C11H13BrOSi. The van der Waals surface area contributed by atoms with Gasteiger partial charge < -0.3 is 4.42 Å². The zero-order valence-corrected chi connectivity index (χ0v) is 11.2. The van der Waals surface area contributed by atoms with Gasteiger partial charge in [-0.1, -0.05) is 31.8 Å². The topological polar surface area (TPSA) is 13.1 Å². The minimum atomic E-state index is -1.37. The highest BCUT2D eigenvalue weighted by Crippen LogP contribution is 2.26. The second-order valence-corrected chi connectivity index (χ2v) is 10.2. The van der Waals surface area contributed by atoms with Crippen molar-refractivity contribution in [1.29, 1.82) is 0 Å². The fourth-order valence-corrected chi connectivity index (χ4v) is 4.90. The fourth-order valence-electron chi connectivity index (χ4n) is 1.50. The molecule has 0 radical (unpaired) electrons. The average Bonchev–Trinajstić information content (AvgIpc) is 2.44. The van der Waals surface area contributed by atoms with Crippen molar-refractivity contribution < 1.29 is 4.42 Å². The molecule has 0 fully saturated rings. The van der Waals surface area contributed by atoms with Crippen molar-refractivity contribution in [2.24, 2.45) is 0 Å². The molecule has 0 aliphatic rings. The Labute approximate surface area is 93.3 Å². The van der Waals surface area contributed by atoms with Gasteiger partial charge in [0, 0.05) is 5.39 Å². The van der Waals surface area contributed by atoms with Crippen LogP contribution >= 0.6 is 15.9 Å². The summed E-state index contributed by atoms with van der Waals surface area (Å²) in [4.78, 5) is 0. The van der Waals surface area contributed by atoms with Gasteiger partial charge in [0.2, 0.25) is 0 Å². The van der Waals surface area contributed by atoms with Gasteiger partial charge in [0.05, 0.1) is 9.86 Å². The lowest BCUT2D eigenvalue weighted by atomic mass is 10.3. The number of hydrogen-bond acceptors (Lipinski definition) is 1. The molecule has 1 heterocycles. The van der Waals surface area contributed by atoms with Crippen LogP contribution in [0.2, 0.25) is 19.6 Å². The van der Waals surface area contributed by atoms with E-state index in [-0.39, 0.29) is 0 Å². The predicted octanol–water partition coefficient (Wildman–Crippen LogP) is 3.74. The third kappa shape index (κ3) is 1.55. The van der Waals surface area contributed by atoms with Crippen LogP contribution in [-0.4, -0.2) is 8.07 Å². The molecule has 1 nitrogen and oxygen atoms in total. The average molecular weight is 269 g/mol. The molecule has 3 heteroatoms. The van der Waals surface area contributed by atoms with E-state index < -0.39 is 8.07 Å². The zero-order chi connectivity index (χ0) is 10.3. The molecule has 74 valence electrons. The largest absolute Gasteiger partial charge is 0.465 e. The highest BCUT2D eigenvalue weighted by atomic mass is 79.9. The van der Waals surface area contributed by atoms with Crippen molar-refractivity contribution in [2.45, 2.75) is 19.6 Å². The number of hydrogen-bond donors (Lipinski definition) is 0. The summed E-state index contributed by atoms with van der Waals surface area (Å²) >= 11 is 3.63. The van der Waals surface area contributed by atoms with Crippen LogP contribution in [0.4, 0.5) is 0 Å². The highest BCUT2D eigenvalue weighted by Gasteiger charge is 2.25. The standard InChI is InChI=1S/C11H13BrOSi/c1-14(2,3)11-10(12)8-6-4-5-7-9(8)13-11/h4-7H,1-3H3. The number of rotatable bonds is 1. The summed E-state index contributed by atoms with van der Waals surface area (Å²) < 4.78 is 7.02. The molecule has 0 amide bonds. The normalized spacial score (nSPS) is 12.3. The Morgan fingerprint density at radius 1 is 1.14 bits per heavy atom. The van der Waals surface area contributed by atoms with Gasteiger partial charge in [0.25, 0.3) is 0 Å². The molecule has 1 aromatic heterocycles. The second kappa shape index (κ2) is 3.24. The van der Waals surface area contributed by atoms with E-state index in [9.17, 15) is 0 Å². The molecule has 0 bridgehead atoms. The molecule has 2 rings (SSSR count). The van der Waals surface area contributed by atoms with E-state index in [1.54, 1.807) is 0 Å². The molecule has 0 N–H and O–H groups in total. The highest BCUT2D eigenvalue weighted by molar-refractivity contribution is 9.10. The molecule has 0 saturated carbocycles. The van der Waals surface area contributed by atoms with Gasteiger partial charge in [-0.05, 0) is 28.1 Å². The van der Waals surface area contributed by atoms with Crippen LogP contribution in [0.3, 0.4) is 0 Å². The first-order valence-corrected chi connectivity index (χ1v) is 8.97. The van der Waals surface area contributed by atoms with E-state index in [2.05, 4.69) is 41.6 Å². The Balaban J connectivity index is 2.75. The van der Waals surface area contributed by atoms with Crippen molar-refractivity contribution in [3.63, 3.8) is 0 Å². The van der Waals surface area contributed by atoms with Crippen LogP contribution in [0.25, 0.3) is 11.0 Å². The third-order valence-electron chi connectivity index (χ3n) is 2.22. The van der Waals surface area contributed by atoms with Crippen molar-refractivity contribution in [3.05, 3.63) is 28.7 Å². The molecule has 0 atom stereocenters. The van der Waals surface area contributed by atoms with Crippen LogP contribution in [0.15, 0.2) is 33.2 Å². The summed E-state index contributed by atoms with van der Waals surface area (Å²) in [6.07, 6.45) is 0. The van der Waals surface area contributed by atoms with E-state index in [1.807, 2.05) is 18.2 Å². The van der Waals surface area contributed by atoms with Gasteiger partial charge in [-0.25, -0.2) is 0 Å². The van der Waals surface area contributed by atoms with E-state index in [1.165, 1.54) is 5.39 Å². The van der Waals surface area contributed by atoms with Crippen LogP contribution in [0.1, 0.15) is 0 Å². The molecule has 14 heavy (non-hydrogen) atoms. The maximum Gasteiger partial charge on any atom is 0.134 e. The summed E-state index contributed by atoms with van der Waals surface area (Å²) in [6.45, 7) is 6.86. The second-order valence-electron chi connectivity index (χ2n) is 4.49. The minimum absolute atomic E-state index is 0.983. The first-order chi connectivity index (χ1) is 6.50. The smallest absolute Gasteiger partial charge is 0.134 e. The number of halogens is 1. The fraction of sp³-hybridized carbons (Fsp3) is 0.273. The van der Waals surface area contributed by atoms with E-state index in [0.29, 0.717) is 0 Å². The minimum Gasteiger partial charge on any atom is -0.465 e. The molecule has 0 aliphatic carbocycles. The molecule has 0 unspecified atom stereocenters. The van der Waals surface area contributed by atoms with Crippen molar-refractivity contribution >= 4 is 40.4 Å². The Morgan fingerprint density at radius 2 is 1.79 bits per heavy atom. The number of furan rings is 1. The van der Waals surface area contributed by atoms with Gasteiger partial charge in [-0.3, -0.25) is 0 Å². The van der Waals surface area contributed by atoms with Gasteiger partial charge in [-0.15, -0.1) is 0 Å². The SMILES string of the molecule is C[Si](C)(C)c1oc2ccccc2c1Br. The lowest BCUT2D eigenvalue weighted by Crippen LogP contribution is -2.37. The third-order valence-corrected chi connectivity index (χ3v) is 5.08. The van der Waals surface area contributed by atoms with Gasteiger partial charge in [0.1, 0.15) is 13.7 Å². The van der Waals surface area contributed by atoms with Crippen molar-refractivity contribution in [2.75, 3.05) is 0 Å². The molecule has 0 aliphatic heterocycles. The summed E-state index contributed by atoms with van der Waals surface area (Å²) in [5, 5.41) is 2.34. The van der Waals surface area contributed by atoms with E-state index >= 15 is 0 Å². The maximum absolute atomic E-state index is 5.88. The summed E-state index contributed by atoms with van der Waals surface area (Å²) in [5.41, 5.74) is 0.983. The zero-order valence-electron chi connectivity index (χ0n) is 8.60. The Hall–Kier alpha value is -0.543. The molecule has 0 saturated heterocycles. The van der Waals surface area contributed by atoms with Gasteiger partial charge >= 0.3 is 0 Å². The predicted molar refractivity (Wildman–Crippen MR) is 66.9 cm³/mol. The maximum atomic E-state index is 5.88. The summed E-state index contributed by atoms with van der Waals surface area (Å²) in [7, 11) is -1.37. The number of benzene rings is 1. The summed E-state index contributed by atoms with van der Waals surface area (Å²) in [6, 6.07) is 8.15. The number of para-hydroxylation sites is 1. The summed E-state index contributed by atoms with van der Waals surface area (Å²) in [5.74, 6) is 0. The first kappa shape index (κ1) is 9.99. The van der Waals surface area contributed by atoms with Crippen LogP contribution in [-0.2, 0) is 0 Å². The van der Waals surface area contributed by atoms with E-state index in [0.717, 1.165) is 15.4 Å². The Kier molecular flexibility index (Phi) is 2.31. The molecule has 1 aromatic carbocycles. The lowest BCUT2D eigenvalue weighted by Gasteiger charge is -2.12. The van der Waals surface area contributed by atoms with Crippen LogP contribution in [0.5, 0.6) is 0 Å². The molecule has 2 aromatic rings. The van der Waals surface area contributed by atoms with Crippen LogP contribution < -0.4 is 5.38 Å². The van der Waals surface area contributed by atoms with Gasteiger partial charge in [0.15, 0.2) is 0 Å².